The molecule has 0 bridgehead atoms. The van der Waals surface area contributed by atoms with Crippen molar-refractivity contribution in [2.24, 2.45) is 0 Å². The number of anilines is 1. The number of allylic oxidation sites excluding steroid dienone is 1. The summed E-state index contributed by atoms with van der Waals surface area (Å²) in [6.07, 6.45) is 3.44. The smallest absolute Gasteiger partial charge is 0.226 e. The van der Waals surface area contributed by atoms with Crippen molar-refractivity contribution in [2.45, 2.75) is 6.04 Å². The van der Waals surface area contributed by atoms with E-state index in [9.17, 15) is 4.39 Å². The first-order valence-corrected chi connectivity index (χ1v) is 9.08. The first-order valence-electron chi connectivity index (χ1n) is 7.21. The highest BCUT2D eigenvalue weighted by Crippen LogP contribution is 2.34. The number of hydrogen-bond acceptors (Lipinski definition) is 3. The molecule has 24 heavy (non-hydrogen) atoms. The fraction of sp³-hybridized carbons (Fsp3) is 0.0588. The van der Waals surface area contributed by atoms with Crippen molar-refractivity contribution in [3.8, 4) is 0 Å². The first kappa shape index (κ1) is 15.8. The van der Waals surface area contributed by atoms with Crippen LogP contribution >= 0.6 is 38.5 Å². The van der Waals surface area contributed by atoms with Gasteiger partial charge < -0.3 is 5.32 Å². The van der Waals surface area contributed by atoms with Gasteiger partial charge in [-0.05, 0) is 64.6 Å². The minimum absolute atomic E-state index is 0.273. The number of hydrogen-bond donors (Lipinski definition) is 1. The molecule has 1 atom stereocenters. The average molecular weight is 497 g/mol. The van der Waals surface area contributed by atoms with Crippen LogP contribution in [0, 0.1) is 9.39 Å². The van der Waals surface area contributed by atoms with Crippen LogP contribution in [-0.4, -0.2) is 14.8 Å². The first-order chi connectivity index (χ1) is 11.6. The molecule has 0 radical (unpaired) electrons. The van der Waals surface area contributed by atoms with E-state index in [2.05, 4.69) is 53.9 Å². The molecule has 1 aliphatic heterocycles. The predicted molar refractivity (Wildman–Crippen MR) is 103 cm³/mol. The van der Waals surface area contributed by atoms with E-state index in [4.69, 9.17) is 0 Å². The zero-order valence-corrected chi connectivity index (χ0v) is 16.0. The Labute approximate surface area is 160 Å². The Balaban J connectivity index is 1.85. The quantitative estimate of drug-likeness (QED) is 0.516. The lowest BCUT2D eigenvalue weighted by atomic mass is 10.0. The maximum atomic E-state index is 14.4. The number of fused-ring (bicyclic) bond motifs is 1. The summed E-state index contributed by atoms with van der Waals surface area (Å²) in [6.45, 7) is 0. The minimum Gasteiger partial charge on any atom is -0.324 e. The average Bonchev–Trinajstić information content (AvgIpc) is 3.05. The van der Waals surface area contributed by atoms with E-state index in [1.165, 1.54) is 12.4 Å². The summed E-state index contributed by atoms with van der Waals surface area (Å²) in [6, 6.07) is 12.7. The Kier molecular flexibility index (Phi) is 4.13. The highest BCUT2D eigenvalue weighted by Gasteiger charge is 2.25. The number of rotatable bonds is 2. The third-order valence-corrected chi connectivity index (χ3v) is 5.05. The SMILES string of the molecule is Fc1ccc(Br)cc1[C@H]1C=C(c2ccc(I)cc2)Nc2ncnn21. The Bertz CT molecular complexity index is 936. The maximum Gasteiger partial charge on any atom is 0.226 e. The molecule has 7 heteroatoms. The fourth-order valence-corrected chi connectivity index (χ4v) is 3.43. The lowest BCUT2D eigenvalue weighted by Crippen LogP contribution is -2.21. The van der Waals surface area contributed by atoms with Crippen LogP contribution in [0.3, 0.4) is 0 Å². The Morgan fingerprint density at radius 3 is 2.75 bits per heavy atom. The molecule has 2 aromatic carbocycles. The second-order valence-electron chi connectivity index (χ2n) is 5.35. The highest BCUT2D eigenvalue weighted by molar-refractivity contribution is 14.1. The lowest BCUT2D eigenvalue weighted by molar-refractivity contribution is 0.551. The van der Waals surface area contributed by atoms with E-state index in [1.807, 2.05) is 30.3 Å². The minimum atomic E-state index is -0.365. The van der Waals surface area contributed by atoms with Crippen molar-refractivity contribution in [2.75, 3.05) is 5.32 Å². The van der Waals surface area contributed by atoms with Gasteiger partial charge >= 0.3 is 0 Å². The van der Waals surface area contributed by atoms with Crippen LogP contribution in [0.4, 0.5) is 10.3 Å². The molecular formula is C17H11BrFIN4. The molecule has 4 nitrogen and oxygen atoms in total. The number of aromatic nitrogens is 3. The fourth-order valence-electron chi connectivity index (χ4n) is 2.69. The summed E-state index contributed by atoms with van der Waals surface area (Å²) in [5.74, 6) is 0.320. The van der Waals surface area contributed by atoms with Crippen LogP contribution in [0.1, 0.15) is 17.2 Å². The van der Waals surface area contributed by atoms with E-state index in [0.717, 1.165) is 19.3 Å². The highest BCUT2D eigenvalue weighted by atomic mass is 127. The van der Waals surface area contributed by atoms with Gasteiger partial charge in [-0.1, -0.05) is 28.1 Å². The number of halogens is 3. The van der Waals surface area contributed by atoms with Gasteiger partial charge in [0.2, 0.25) is 5.95 Å². The molecule has 0 unspecified atom stereocenters. The van der Waals surface area contributed by atoms with Crippen LogP contribution in [0.5, 0.6) is 0 Å². The van der Waals surface area contributed by atoms with Gasteiger partial charge in [0.15, 0.2) is 0 Å². The van der Waals surface area contributed by atoms with Crippen molar-refractivity contribution in [3.63, 3.8) is 0 Å². The summed E-state index contributed by atoms with van der Waals surface area (Å²) in [4.78, 5) is 4.24. The summed E-state index contributed by atoms with van der Waals surface area (Å²) in [7, 11) is 0. The Morgan fingerprint density at radius 1 is 1.17 bits per heavy atom. The van der Waals surface area contributed by atoms with Crippen LogP contribution < -0.4 is 5.32 Å². The van der Waals surface area contributed by atoms with Crippen LogP contribution in [-0.2, 0) is 0 Å². The van der Waals surface area contributed by atoms with Gasteiger partial charge in [-0.25, -0.2) is 9.07 Å². The van der Waals surface area contributed by atoms with Crippen LogP contribution in [0.2, 0.25) is 0 Å². The van der Waals surface area contributed by atoms with Crippen molar-refractivity contribution in [1.82, 2.24) is 14.8 Å². The predicted octanol–water partition coefficient (Wildman–Crippen LogP) is 4.84. The third kappa shape index (κ3) is 2.86. The molecule has 0 spiro atoms. The van der Waals surface area contributed by atoms with Crippen molar-refractivity contribution >= 4 is 50.2 Å². The molecule has 120 valence electrons. The van der Waals surface area contributed by atoms with Gasteiger partial charge in [0.05, 0.1) is 0 Å². The molecule has 1 aliphatic rings. The van der Waals surface area contributed by atoms with Crippen molar-refractivity contribution in [1.29, 1.82) is 0 Å². The summed E-state index contributed by atoms with van der Waals surface area (Å²) in [5, 5.41) is 7.50. The number of nitrogens with one attached hydrogen (secondary N) is 1. The molecule has 1 aromatic heterocycles. The second kappa shape index (κ2) is 6.29. The van der Waals surface area contributed by atoms with E-state index in [-0.39, 0.29) is 11.9 Å². The summed E-state index contributed by atoms with van der Waals surface area (Å²) >= 11 is 5.68. The topological polar surface area (TPSA) is 42.7 Å². The van der Waals surface area contributed by atoms with Gasteiger partial charge in [-0.3, -0.25) is 0 Å². The largest absolute Gasteiger partial charge is 0.324 e. The van der Waals surface area contributed by atoms with Crippen LogP contribution in [0.25, 0.3) is 5.70 Å². The van der Waals surface area contributed by atoms with Gasteiger partial charge in [-0.15, -0.1) is 0 Å². The molecule has 3 aromatic rings. The third-order valence-electron chi connectivity index (χ3n) is 3.84. The van der Waals surface area contributed by atoms with E-state index < -0.39 is 0 Å². The molecule has 1 N–H and O–H groups in total. The molecular weight excluding hydrogens is 486 g/mol. The maximum absolute atomic E-state index is 14.4. The Morgan fingerprint density at radius 2 is 1.96 bits per heavy atom. The van der Waals surface area contributed by atoms with Gasteiger partial charge in [0.1, 0.15) is 18.2 Å². The zero-order chi connectivity index (χ0) is 16.7. The molecule has 2 heterocycles. The molecule has 0 aliphatic carbocycles. The molecule has 4 rings (SSSR count). The molecule has 0 saturated heterocycles. The number of nitrogens with zero attached hydrogens (tertiary/aromatic N) is 3. The number of benzene rings is 2. The van der Waals surface area contributed by atoms with Crippen LogP contribution in [0.15, 0.2) is 59.3 Å². The van der Waals surface area contributed by atoms with Gasteiger partial charge in [0, 0.05) is 19.3 Å². The molecule has 0 fully saturated rings. The van der Waals surface area contributed by atoms with Crippen molar-refractivity contribution in [3.05, 3.63) is 79.9 Å². The van der Waals surface area contributed by atoms with Gasteiger partial charge in [0.25, 0.3) is 0 Å². The van der Waals surface area contributed by atoms with E-state index in [0.29, 0.717) is 11.5 Å². The van der Waals surface area contributed by atoms with E-state index >= 15 is 0 Å². The molecule has 0 saturated carbocycles. The van der Waals surface area contributed by atoms with E-state index in [1.54, 1.807) is 16.8 Å². The normalized spacial score (nSPS) is 16.3. The van der Waals surface area contributed by atoms with Gasteiger partial charge in [-0.2, -0.15) is 10.1 Å². The summed E-state index contributed by atoms with van der Waals surface area (Å²) in [5.41, 5.74) is 2.45. The monoisotopic (exact) mass is 496 g/mol. The zero-order valence-electron chi connectivity index (χ0n) is 12.2. The second-order valence-corrected chi connectivity index (χ2v) is 7.51. The lowest BCUT2D eigenvalue weighted by Gasteiger charge is -2.24. The van der Waals surface area contributed by atoms with Crippen molar-refractivity contribution < 1.29 is 4.39 Å². The standard InChI is InChI=1S/C17H11BrFIN4/c18-11-3-6-14(19)13(7-11)16-8-15(10-1-4-12(20)5-2-10)23-17-21-9-22-24(16)17/h1-9,16H,(H,21,22,23)/t16-/m1/s1. The summed E-state index contributed by atoms with van der Waals surface area (Å²) < 4.78 is 18.1. The Hall–Kier alpha value is -1.74. The molecule has 0 amide bonds.